The predicted molar refractivity (Wildman–Crippen MR) is 92.9 cm³/mol. The SMILES string of the molecule is COc1cc(N2CC[C@@]3(C[C@H](N(C)c4ncccn4)CO3)C2)ncn1. The maximum Gasteiger partial charge on any atom is 0.225 e. The van der Waals surface area contributed by atoms with Crippen molar-refractivity contribution in [1.29, 1.82) is 0 Å². The van der Waals surface area contributed by atoms with Gasteiger partial charge in [0.15, 0.2) is 0 Å². The highest BCUT2D eigenvalue weighted by Crippen LogP contribution is 2.38. The van der Waals surface area contributed by atoms with Crippen LogP contribution in [-0.4, -0.2) is 65.4 Å². The molecule has 0 unspecified atom stereocenters. The van der Waals surface area contributed by atoms with Crippen molar-refractivity contribution in [2.45, 2.75) is 24.5 Å². The molecule has 1 spiro atoms. The van der Waals surface area contributed by atoms with Crippen LogP contribution in [0.25, 0.3) is 0 Å². The summed E-state index contributed by atoms with van der Waals surface area (Å²) >= 11 is 0. The van der Waals surface area contributed by atoms with E-state index in [2.05, 4.69) is 29.7 Å². The van der Waals surface area contributed by atoms with E-state index in [0.29, 0.717) is 12.5 Å². The first kappa shape index (κ1) is 16.0. The lowest BCUT2D eigenvalue weighted by atomic mass is 9.97. The first-order chi connectivity index (χ1) is 12.2. The second kappa shape index (κ2) is 6.44. The van der Waals surface area contributed by atoms with Crippen LogP contribution < -0.4 is 14.5 Å². The number of methoxy groups -OCH3 is 1. The zero-order valence-corrected chi connectivity index (χ0v) is 14.5. The van der Waals surface area contributed by atoms with Crippen LogP contribution in [0.15, 0.2) is 30.9 Å². The lowest BCUT2D eigenvalue weighted by molar-refractivity contribution is 0.0226. The molecule has 0 amide bonds. The van der Waals surface area contributed by atoms with Crippen molar-refractivity contribution in [3.05, 3.63) is 30.9 Å². The molecule has 2 atom stereocenters. The van der Waals surface area contributed by atoms with Crippen LogP contribution in [0.4, 0.5) is 11.8 Å². The first-order valence-corrected chi connectivity index (χ1v) is 8.44. The second-order valence-electron chi connectivity index (χ2n) is 6.60. The standard InChI is InChI=1S/C17H22N6O2/c1-22(16-18-5-3-6-19-16)13-9-17(25-10-13)4-7-23(11-17)14-8-15(24-2)21-12-20-14/h3,5-6,8,12-13H,4,7,9-11H2,1-2H3/t13-,17+/m0/s1. The number of likely N-dealkylation sites (N-methyl/N-ethyl adjacent to an activating group) is 1. The Morgan fingerprint density at radius 1 is 1.28 bits per heavy atom. The van der Waals surface area contributed by atoms with Crippen molar-refractivity contribution in [3.63, 3.8) is 0 Å². The van der Waals surface area contributed by atoms with Gasteiger partial charge in [0, 0.05) is 45.0 Å². The van der Waals surface area contributed by atoms with Crippen LogP contribution in [0.1, 0.15) is 12.8 Å². The lowest BCUT2D eigenvalue weighted by Gasteiger charge is -2.26. The lowest BCUT2D eigenvalue weighted by Crippen LogP contribution is -2.37. The van der Waals surface area contributed by atoms with Crippen molar-refractivity contribution < 1.29 is 9.47 Å². The average Bonchev–Trinajstić information content (AvgIpc) is 3.29. The Labute approximate surface area is 146 Å². The summed E-state index contributed by atoms with van der Waals surface area (Å²) in [5.41, 5.74) is -0.133. The molecule has 8 nitrogen and oxygen atoms in total. The summed E-state index contributed by atoms with van der Waals surface area (Å²) in [4.78, 5) is 21.5. The van der Waals surface area contributed by atoms with Crippen molar-refractivity contribution >= 4 is 11.8 Å². The predicted octanol–water partition coefficient (Wildman–Crippen LogP) is 1.15. The van der Waals surface area contributed by atoms with Gasteiger partial charge in [-0.2, -0.15) is 0 Å². The van der Waals surface area contributed by atoms with Crippen molar-refractivity contribution in [1.82, 2.24) is 19.9 Å². The van der Waals surface area contributed by atoms with Crippen molar-refractivity contribution in [2.75, 3.05) is 43.7 Å². The second-order valence-corrected chi connectivity index (χ2v) is 6.60. The molecular weight excluding hydrogens is 320 g/mol. The molecule has 0 aromatic carbocycles. The van der Waals surface area contributed by atoms with Crippen LogP contribution in [-0.2, 0) is 4.74 Å². The van der Waals surface area contributed by atoms with Gasteiger partial charge >= 0.3 is 0 Å². The molecule has 0 aliphatic carbocycles. The largest absolute Gasteiger partial charge is 0.481 e. The fraction of sp³-hybridized carbons (Fsp3) is 0.529. The van der Waals surface area contributed by atoms with E-state index in [1.807, 2.05) is 19.2 Å². The number of hydrogen-bond donors (Lipinski definition) is 0. The topological polar surface area (TPSA) is 76.5 Å². The van der Waals surface area contributed by atoms with Crippen molar-refractivity contribution in [3.8, 4) is 5.88 Å². The summed E-state index contributed by atoms with van der Waals surface area (Å²) in [7, 11) is 3.65. The molecule has 0 N–H and O–H groups in total. The van der Waals surface area contributed by atoms with Crippen LogP contribution >= 0.6 is 0 Å². The van der Waals surface area contributed by atoms with Crippen LogP contribution in [0.5, 0.6) is 5.88 Å². The van der Waals surface area contributed by atoms with E-state index in [9.17, 15) is 0 Å². The monoisotopic (exact) mass is 342 g/mol. The third kappa shape index (κ3) is 3.09. The minimum Gasteiger partial charge on any atom is -0.481 e. The maximum absolute atomic E-state index is 6.25. The molecule has 4 rings (SSSR count). The van der Waals surface area contributed by atoms with Crippen LogP contribution in [0.3, 0.4) is 0 Å². The van der Waals surface area contributed by atoms with Gasteiger partial charge in [0.1, 0.15) is 12.1 Å². The van der Waals surface area contributed by atoms with Gasteiger partial charge in [-0.1, -0.05) is 0 Å². The molecule has 2 aliphatic rings. The molecule has 0 saturated carbocycles. The Morgan fingerprint density at radius 2 is 2.12 bits per heavy atom. The number of ether oxygens (including phenoxy) is 2. The zero-order valence-electron chi connectivity index (χ0n) is 14.5. The molecular formula is C17H22N6O2. The Kier molecular flexibility index (Phi) is 4.12. The Hall–Kier alpha value is -2.48. The zero-order chi connectivity index (χ0) is 17.3. The van der Waals surface area contributed by atoms with Gasteiger partial charge in [0.25, 0.3) is 0 Å². The van der Waals surface area contributed by atoms with Gasteiger partial charge in [-0.05, 0) is 12.5 Å². The van der Waals surface area contributed by atoms with Gasteiger partial charge in [-0.25, -0.2) is 19.9 Å². The van der Waals surface area contributed by atoms with Gasteiger partial charge in [-0.3, -0.25) is 0 Å². The first-order valence-electron chi connectivity index (χ1n) is 8.44. The Bertz CT molecular complexity index is 730. The minimum absolute atomic E-state index is 0.133. The molecule has 2 aromatic rings. The normalized spacial score (nSPS) is 25.5. The number of nitrogens with zero attached hydrogens (tertiary/aromatic N) is 6. The summed E-state index contributed by atoms with van der Waals surface area (Å²) in [6, 6.07) is 3.98. The fourth-order valence-electron chi connectivity index (χ4n) is 3.64. The van der Waals surface area contributed by atoms with Gasteiger partial charge in [0.2, 0.25) is 11.8 Å². The van der Waals surface area contributed by atoms with Crippen molar-refractivity contribution in [2.24, 2.45) is 0 Å². The van der Waals surface area contributed by atoms with Crippen LogP contribution in [0, 0.1) is 0 Å². The van der Waals surface area contributed by atoms with E-state index in [1.165, 1.54) is 6.33 Å². The Balaban J connectivity index is 1.44. The molecule has 8 heteroatoms. The van der Waals surface area contributed by atoms with E-state index in [4.69, 9.17) is 9.47 Å². The smallest absolute Gasteiger partial charge is 0.225 e. The molecule has 2 saturated heterocycles. The van der Waals surface area contributed by atoms with E-state index < -0.39 is 0 Å². The highest BCUT2D eigenvalue weighted by atomic mass is 16.5. The summed E-state index contributed by atoms with van der Waals surface area (Å²) in [5.74, 6) is 2.20. The van der Waals surface area contributed by atoms with Gasteiger partial charge in [-0.15, -0.1) is 0 Å². The molecule has 132 valence electrons. The summed E-state index contributed by atoms with van der Waals surface area (Å²) in [6.07, 6.45) is 7.02. The summed E-state index contributed by atoms with van der Waals surface area (Å²) in [6.45, 7) is 2.43. The molecule has 2 aliphatic heterocycles. The van der Waals surface area contributed by atoms with E-state index in [-0.39, 0.29) is 11.6 Å². The van der Waals surface area contributed by atoms with Gasteiger partial charge < -0.3 is 19.3 Å². The van der Waals surface area contributed by atoms with Crippen LogP contribution in [0.2, 0.25) is 0 Å². The molecule has 2 aromatic heterocycles. The molecule has 2 fully saturated rings. The number of rotatable bonds is 4. The molecule has 0 radical (unpaired) electrons. The Morgan fingerprint density at radius 3 is 2.92 bits per heavy atom. The maximum atomic E-state index is 6.25. The quantitative estimate of drug-likeness (QED) is 0.819. The molecule has 25 heavy (non-hydrogen) atoms. The van der Waals surface area contributed by atoms with E-state index >= 15 is 0 Å². The third-order valence-electron chi connectivity index (χ3n) is 5.08. The highest BCUT2D eigenvalue weighted by molar-refractivity contribution is 5.43. The average molecular weight is 342 g/mol. The van der Waals surface area contributed by atoms with E-state index in [0.717, 1.165) is 37.7 Å². The molecule has 4 heterocycles. The number of hydrogen-bond acceptors (Lipinski definition) is 8. The highest BCUT2D eigenvalue weighted by Gasteiger charge is 2.47. The van der Waals surface area contributed by atoms with Gasteiger partial charge in [0.05, 0.1) is 25.4 Å². The number of anilines is 2. The fourth-order valence-corrected chi connectivity index (χ4v) is 3.64. The summed E-state index contributed by atoms with van der Waals surface area (Å²) in [5, 5.41) is 0. The third-order valence-corrected chi connectivity index (χ3v) is 5.08. The summed E-state index contributed by atoms with van der Waals surface area (Å²) < 4.78 is 11.5. The minimum atomic E-state index is -0.133. The number of aromatic nitrogens is 4. The van der Waals surface area contributed by atoms with E-state index in [1.54, 1.807) is 19.5 Å². The molecule has 0 bridgehead atoms.